The molecule has 2 aromatic carbocycles. The lowest BCUT2D eigenvalue weighted by molar-refractivity contribution is -0.121. The van der Waals surface area contributed by atoms with Crippen LogP contribution in [0, 0.1) is 20.8 Å². The molecule has 24 heavy (non-hydrogen) atoms. The largest absolute Gasteiger partial charge is 0.373 e. The first-order chi connectivity index (χ1) is 11.4. The van der Waals surface area contributed by atoms with Gasteiger partial charge >= 0.3 is 0 Å². The van der Waals surface area contributed by atoms with Gasteiger partial charge in [-0.05, 0) is 50.1 Å². The lowest BCUT2D eigenvalue weighted by Crippen LogP contribution is -2.35. The fraction of sp³-hybridized carbons (Fsp3) is 0.263. The molecule has 124 valence electrons. The van der Waals surface area contributed by atoms with Crippen LogP contribution in [0.2, 0.25) is 5.02 Å². The number of hydrogen-bond donors (Lipinski definition) is 1. The molecular weight excluding hydrogens is 324 g/mol. The second-order valence-corrected chi connectivity index (χ2v) is 6.66. The monoisotopic (exact) mass is 342 g/mol. The first-order valence-corrected chi connectivity index (χ1v) is 8.21. The van der Waals surface area contributed by atoms with E-state index in [1.807, 2.05) is 20.8 Å². The molecule has 0 spiro atoms. The van der Waals surface area contributed by atoms with E-state index in [0.717, 1.165) is 16.8 Å². The number of aryl methyl sites for hydroxylation is 3. The van der Waals surface area contributed by atoms with Gasteiger partial charge in [0.25, 0.3) is 5.91 Å². The Morgan fingerprint density at radius 1 is 1.08 bits per heavy atom. The minimum Gasteiger partial charge on any atom is -0.373 e. The number of nitrogens with one attached hydrogen (secondary N) is 1. The van der Waals surface area contributed by atoms with Crippen molar-refractivity contribution < 1.29 is 9.59 Å². The first kappa shape index (κ1) is 16.5. The molecule has 1 aliphatic heterocycles. The lowest BCUT2D eigenvalue weighted by atomic mass is 10.0. The van der Waals surface area contributed by atoms with Crippen molar-refractivity contribution in [3.63, 3.8) is 0 Å². The molecule has 1 fully saturated rings. The van der Waals surface area contributed by atoms with Crippen LogP contribution >= 0.6 is 11.6 Å². The highest BCUT2D eigenvalue weighted by atomic mass is 35.5. The third-order valence-corrected chi connectivity index (χ3v) is 4.44. The van der Waals surface area contributed by atoms with Gasteiger partial charge in [0.2, 0.25) is 5.91 Å². The summed E-state index contributed by atoms with van der Waals surface area (Å²) >= 11 is 5.98. The summed E-state index contributed by atoms with van der Waals surface area (Å²) in [6, 6.07) is 10.3. The normalized spacial score (nSPS) is 17.5. The number of nitrogens with zero attached hydrogens (tertiary/aromatic N) is 1. The minimum absolute atomic E-state index is 0.137. The summed E-state index contributed by atoms with van der Waals surface area (Å²) in [5.74, 6) is -0.469. The number of carbonyl (C=O) groups is 2. The van der Waals surface area contributed by atoms with Crippen LogP contribution in [0.25, 0.3) is 0 Å². The molecule has 1 aliphatic rings. The maximum atomic E-state index is 12.7. The molecule has 0 saturated carbocycles. The zero-order valence-corrected chi connectivity index (χ0v) is 14.6. The predicted molar refractivity (Wildman–Crippen MR) is 96.6 cm³/mol. The molecule has 2 aromatic rings. The van der Waals surface area contributed by atoms with Crippen LogP contribution in [0.15, 0.2) is 36.4 Å². The Morgan fingerprint density at radius 2 is 1.75 bits per heavy atom. The van der Waals surface area contributed by atoms with E-state index in [1.54, 1.807) is 24.3 Å². The molecule has 0 bridgehead atoms. The fourth-order valence-electron chi connectivity index (χ4n) is 3.21. The fourth-order valence-corrected chi connectivity index (χ4v) is 3.40. The molecule has 0 aliphatic carbocycles. The Bertz CT molecular complexity index is 809. The van der Waals surface area contributed by atoms with Gasteiger partial charge in [-0.15, -0.1) is 0 Å². The number of halogens is 1. The molecular formula is C19H19ClN2O2. The van der Waals surface area contributed by atoms with Crippen LogP contribution in [0.4, 0.5) is 11.4 Å². The standard InChI is InChI=1S/C19H19ClN2O2/c1-11-7-12(2)18(13(3)8-11)21-16-10-17(23)22(19(16)24)15-6-4-5-14(20)9-15/h4-9,16,21H,10H2,1-3H3. The second-order valence-electron chi connectivity index (χ2n) is 6.22. The van der Waals surface area contributed by atoms with Crippen LogP contribution in [0.1, 0.15) is 23.1 Å². The highest BCUT2D eigenvalue weighted by Crippen LogP contribution is 2.29. The third kappa shape index (κ3) is 3.02. The number of benzene rings is 2. The van der Waals surface area contributed by atoms with Crippen LogP contribution in [-0.4, -0.2) is 17.9 Å². The molecule has 1 unspecified atom stereocenters. The molecule has 2 amide bonds. The molecule has 3 rings (SSSR count). The summed E-state index contributed by atoms with van der Waals surface area (Å²) in [5.41, 5.74) is 4.73. The molecule has 0 radical (unpaired) electrons. The lowest BCUT2D eigenvalue weighted by Gasteiger charge is -2.19. The van der Waals surface area contributed by atoms with E-state index in [2.05, 4.69) is 17.4 Å². The zero-order valence-electron chi connectivity index (χ0n) is 13.9. The Hall–Kier alpha value is -2.33. The summed E-state index contributed by atoms with van der Waals surface area (Å²) < 4.78 is 0. The van der Waals surface area contributed by atoms with Gasteiger partial charge in [0.05, 0.1) is 12.1 Å². The molecule has 5 heteroatoms. The van der Waals surface area contributed by atoms with E-state index >= 15 is 0 Å². The summed E-state index contributed by atoms with van der Waals surface area (Å²) in [6.07, 6.45) is 0.137. The Labute approximate surface area is 146 Å². The van der Waals surface area contributed by atoms with Crippen molar-refractivity contribution in [1.29, 1.82) is 0 Å². The Kier molecular flexibility index (Phi) is 4.33. The maximum absolute atomic E-state index is 12.7. The number of rotatable bonds is 3. The van der Waals surface area contributed by atoms with Crippen LogP contribution in [-0.2, 0) is 9.59 Å². The van der Waals surface area contributed by atoms with E-state index in [-0.39, 0.29) is 18.2 Å². The average molecular weight is 343 g/mol. The van der Waals surface area contributed by atoms with Crippen molar-refractivity contribution >= 4 is 34.8 Å². The molecule has 1 saturated heterocycles. The number of hydrogen-bond acceptors (Lipinski definition) is 3. The molecule has 4 nitrogen and oxygen atoms in total. The third-order valence-electron chi connectivity index (χ3n) is 4.21. The van der Waals surface area contributed by atoms with E-state index in [9.17, 15) is 9.59 Å². The van der Waals surface area contributed by atoms with Crippen LogP contribution in [0.5, 0.6) is 0 Å². The van der Waals surface area contributed by atoms with Gasteiger partial charge in [-0.3, -0.25) is 9.59 Å². The van der Waals surface area contributed by atoms with E-state index in [1.165, 1.54) is 10.5 Å². The SMILES string of the molecule is Cc1cc(C)c(NC2CC(=O)N(c3cccc(Cl)c3)C2=O)c(C)c1. The summed E-state index contributed by atoms with van der Waals surface area (Å²) in [6.45, 7) is 6.03. The molecule has 1 heterocycles. The minimum atomic E-state index is -0.559. The van der Waals surface area contributed by atoms with Crippen LogP contribution in [0.3, 0.4) is 0 Å². The number of carbonyl (C=O) groups excluding carboxylic acids is 2. The summed E-state index contributed by atoms with van der Waals surface area (Å²) in [4.78, 5) is 26.3. The van der Waals surface area contributed by atoms with Crippen molar-refractivity contribution in [2.75, 3.05) is 10.2 Å². The van der Waals surface area contributed by atoms with Crippen LogP contribution < -0.4 is 10.2 Å². The van der Waals surface area contributed by atoms with E-state index in [4.69, 9.17) is 11.6 Å². The zero-order chi connectivity index (χ0) is 17.4. The van der Waals surface area contributed by atoms with Crippen molar-refractivity contribution in [2.24, 2.45) is 0 Å². The quantitative estimate of drug-likeness (QED) is 0.857. The molecule has 1 atom stereocenters. The molecule has 1 N–H and O–H groups in total. The summed E-state index contributed by atoms with van der Waals surface area (Å²) in [5, 5.41) is 3.75. The van der Waals surface area contributed by atoms with E-state index in [0.29, 0.717) is 10.7 Å². The van der Waals surface area contributed by atoms with Gasteiger partial charge in [0.15, 0.2) is 0 Å². The molecule has 0 aromatic heterocycles. The number of imide groups is 1. The second kappa shape index (κ2) is 6.29. The average Bonchev–Trinajstić information content (AvgIpc) is 2.77. The van der Waals surface area contributed by atoms with Crippen molar-refractivity contribution in [1.82, 2.24) is 0 Å². The number of anilines is 2. The smallest absolute Gasteiger partial charge is 0.256 e. The Morgan fingerprint density at radius 3 is 2.38 bits per heavy atom. The topological polar surface area (TPSA) is 49.4 Å². The Balaban J connectivity index is 1.87. The van der Waals surface area contributed by atoms with Crippen molar-refractivity contribution in [2.45, 2.75) is 33.2 Å². The van der Waals surface area contributed by atoms with Gasteiger partial charge < -0.3 is 5.32 Å². The summed E-state index contributed by atoms with van der Waals surface area (Å²) in [7, 11) is 0. The van der Waals surface area contributed by atoms with Gasteiger partial charge in [-0.2, -0.15) is 0 Å². The van der Waals surface area contributed by atoms with Gasteiger partial charge in [0.1, 0.15) is 6.04 Å². The van der Waals surface area contributed by atoms with Crippen molar-refractivity contribution in [3.05, 3.63) is 58.1 Å². The highest BCUT2D eigenvalue weighted by molar-refractivity contribution is 6.31. The van der Waals surface area contributed by atoms with Gasteiger partial charge in [0, 0.05) is 10.7 Å². The predicted octanol–water partition coefficient (Wildman–Crippen LogP) is 4.01. The maximum Gasteiger partial charge on any atom is 0.256 e. The van der Waals surface area contributed by atoms with Gasteiger partial charge in [-0.1, -0.05) is 35.4 Å². The van der Waals surface area contributed by atoms with Gasteiger partial charge in [-0.25, -0.2) is 4.90 Å². The van der Waals surface area contributed by atoms with Crippen molar-refractivity contribution in [3.8, 4) is 0 Å². The number of amides is 2. The first-order valence-electron chi connectivity index (χ1n) is 7.83. The highest BCUT2D eigenvalue weighted by Gasteiger charge is 2.39. The van der Waals surface area contributed by atoms with E-state index < -0.39 is 6.04 Å².